The molecule has 0 unspecified atom stereocenters. The van der Waals surface area contributed by atoms with Crippen LogP contribution in [-0.2, 0) is 6.42 Å². The molecule has 0 aliphatic carbocycles. The minimum absolute atomic E-state index is 0.128. The van der Waals surface area contributed by atoms with E-state index in [-0.39, 0.29) is 16.5 Å². The van der Waals surface area contributed by atoms with Crippen LogP contribution in [0.15, 0.2) is 60.7 Å². The fourth-order valence-corrected chi connectivity index (χ4v) is 3.53. The predicted octanol–water partition coefficient (Wildman–Crippen LogP) is 5.07. The number of carbonyl (C=O) groups excluding carboxylic acids is 2. The summed E-state index contributed by atoms with van der Waals surface area (Å²) in [6.45, 7) is 0.616. The van der Waals surface area contributed by atoms with Crippen LogP contribution in [0, 0.1) is 11.6 Å². The average Bonchev–Trinajstić information content (AvgIpc) is 3.15. The molecule has 0 saturated carbocycles. The van der Waals surface area contributed by atoms with Crippen molar-refractivity contribution >= 4 is 34.8 Å². The van der Waals surface area contributed by atoms with Crippen LogP contribution in [-0.4, -0.2) is 18.4 Å². The van der Waals surface area contributed by atoms with E-state index in [9.17, 15) is 18.4 Å². The number of nitrogens with one attached hydrogen (secondary N) is 1. The molecule has 4 rings (SSSR count). The van der Waals surface area contributed by atoms with Crippen LogP contribution >= 0.6 is 11.6 Å². The first-order valence-electron chi connectivity index (χ1n) is 8.90. The third-order valence-corrected chi connectivity index (χ3v) is 5.09. The molecule has 2 amide bonds. The summed E-state index contributed by atoms with van der Waals surface area (Å²) in [6.07, 6.45) is 0.811. The van der Waals surface area contributed by atoms with E-state index in [2.05, 4.69) is 5.32 Å². The summed E-state index contributed by atoms with van der Waals surface area (Å²) in [5.41, 5.74) is 2.73. The minimum Gasteiger partial charge on any atom is -0.322 e. The summed E-state index contributed by atoms with van der Waals surface area (Å²) in [5, 5.41) is 2.37. The maximum Gasteiger partial charge on any atom is 0.258 e. The Labute approximate surface area is 170 Å². The summed E-state index contributed by atoms with van der Waals surface area (Å²) in [6, 6.07) is 15.6. The molecular weight excluding hydrogens is 398 g/mol. The number of para-hydroxylation sites is 1. The van der Waals surface area contributed by atoms with Gasteiger partial charge in [-0.25, -0.2) is 8.78 Å². The summed E-state index contributed by atoms with van der Waals surface area (Å²) in [4.78, 5) is 26.9. The number of halogens is 3. The first kappa shape index (κ1) is 19.1. The van der Waals surface area contributed by atoms with Gasteiger partial charge < -0.3 is 10.2 Å². The number of carbonyl (C=O) groups is 2. The molecule has 0 saturated heterocycles. The molecular formula is C22H15ClF2N2O2. The maximum absolute atomic E-state index is 13.4. The smallest absolute Gasteiger partial charge is 0.258 e. The van der Waals surface area contributed by atoms with Crippen LogP contribution in [0.1, 0.15) is 26.3 Å². The fraction of sp³-hybridized carbons (Fsp3) is 0.0909. The van der Waals surface area contributed by atoms with Crippen molar-refractivity contribution < 1.29 is 18.4 Å². The fourth-order valence-electron chi connectivity index (χ4n) is 3.30. The maximum atomic E-state index is 13.4. The normalized spacial score (nSPS) is 12.6. The van der Waals surface area contributed by atoms with Gasteiger partial charge >= 0.3 is 0 Å². The van der Waals surface area contributed by atoms with Crippen LogP contribution < -0.4 is 10.2 Å². The number of benzene rings is 3. The molecule has 146 valence electrons. The number of anilines is 2. The molecule has 7 heteroatoms. The second kappa shape index (κ2) is 7.64. The van der Waals surface area contributed by atoms with E-state index in [0.29, 0.717) is 17.8 Å². The van der Waals surface area contributed by atoms with Gasteiger partial charge in [0.25, 0.3) is 11.8 Å². The van der Waals surface area contributed by atoms with Crippen molar-refractivity contribution in [3.8, 4) is 0 Å². The number of hydrogen-bond acceptors (Lipinski definition) is 2. The SMILES string of the molecule is O=C(Nc1ccc(C(=O)N2CCc3ccccc32)cc1)c1cc(F)c(F)cc1Cl. The summed E-state index contributed by atoms with van der Waals surface area (Å²) >= 11 is 5.83. The van der Waals surface area contributed by atoms with E-state index in [4.69, 9.17) is 11.6 Å². The number of nitrogens with zero attached hydrogens (tertiary/aromatic N) is 1. The van der Waals surface area contributed by atoms with Crippen LogP contribution in [0.2, 0.25) is 5.02 Å². The molecule has 3 aromatic rings. The molecule has 29 heavy (non-hydrogen) atoms. The van der Waals surface area contributed by atoms with Crippen molar-refractivity contribution in [1.82, 2.24) is 0 Å². The molecule has 1 heterocycles. The van der Waals surface area contributed by atoms with Gasteiger partial charge in [0.2, 0.25) is 0 Å². The van der Waals surface area contributed by atoms with Crippen molar-refractivity contribution in [2.24, 2.45) is 0 Å². The van der Waals surface area contributed by atoms with E-state index in [1.165, 1.54) is 0 Å². The number of hydrogen-bond donors (Lipinski definition) is 1. The Morgan fingerprint density at radius 3 is 2.41 bits per heavy atom. The average molecular weight is 413 g/mol. The third-order valence-electron chi connectivity index (χ3n) is 4.78. The van der Waals surface area contributed by atoms with Gasteiger partial charge in [0.1, 0.15) is 0 Å². The molecule has 3 aromatic carbocycles. The van der Waals surface area contributed by atoms with E-state index in [0.717, 1.165) is 29.8 Å². The lowest BCUT2D eigenvalue weighted by atomic mass is 10.1. The topological polar surface area (TPSA) is 49.4 Å². The third kappa shape index (κ3) is 3.71. The Morgan fingerprint density at radius 1 is 0.966 bits per heavy atom. The first-order valence-corrected chi connectivity index (χ1v) is 9.27. The Morgan fingerprint density at radius 2 is 1.66 bits per heavy atom. The lowest BCUT2D eigenvalue weighted by Gasteiger charge is -2.17. The highest BCUT2D eigenvalue weighted by Crippen LogP contribution is 2.29. The van der Waals surface area contributed by atoms with Crippen LogP contribution in [0.25, 0.3) is 0 Å². The highest BCUT2D eigenvalue weighted by atomic mass is 35.5. The van der Waals surface area contributed by atoms with Gasteiger partial charge in [-0.05, 0) is 54.4 Å². The Balaban J connectivity index is 1.49. The van der Waals surface area contributed by atoms with E-state index >= 15 is 0 Å². The molecule has 1 N–H and O–H groups in total. The summed E-state index contributed by atoms with van der Waals surface area (Å²) in [5.74, 6) is -3.10. The van der Waals surface area contributed by atoms with Gasteiger partial charge in [-0.15, -0.1) is 0 Å². The van der Waals surface area contributed by atoms with E-state index < -0.39 is 17.5 Å². The molecule has 0 fully saturated rings. The van der Waals surface area contributed by atoms with Crippen molar-refractivity contribution in [2.75, 3.05) is 16.8 Å². The zero-order chi connectivity index (χ0) is 20.5. The summed E-state index contributed by atoms with van der Waals surface area (Å²) in [7, 11) is 0. The van der Waals surface area contributed by atoms with Gasteiger partial charge in [-0.2, -0.15) is 0 Å². The van der Waals surface area contributed by atoms with Gasteiger partial charge in [-0.3, -0.25) is 9.59 Å². The molecule has 1 aliphatic rings. The molecule has 0 aromatic heterocycles. The second-order valence-corrected chi connectivity index (χ2v) is 7.02. The largest absolute Gasteiger partial charge is 0.322 e. The number of rotatable bonds is 3. The zero-order valence-corrected chi connectivity index (χ0v) is 15.8. The number of amides is 2. The molecule has 0 radical (unpaired) electrons. The summed E-state index contributed by atoms with van der Waals surface area (Å²) < 4.78 is 26.6. The van der Waals surface area contributed by atoms with Crippen LogP contribution in [0.4, 0.5) is 20.2 Å². The van der Waals surface area contributed by atoms with Crippen LogP contribution in [0.3, 0.4) is 0 Å². The Kier molecular flexibility index (Phi) is 5.03. The first-order chi connectivity index (χ1) is 13.9. The standard InChI is InChI=1S/C22H15ClF2N2O2/c23-17-12-19(25)18(24)11-16(17)21(28)26-15-7-5-14(6-8-15)22(29)27-10-9-13-3-1-2-4-20(13)27/h1-8,11-12H,9-10H2,(H,26,28). The van der Waals surface area contributed by atoms with Gasteiger partial charge in [0.05, 0.1) is 10.6 Å². The molecule has 0 spiro atoms. The quantitative estimate of drug-likeness (QED) is 0.610. The zero-order valence-electron chi connectivity index (χ0n) is 15.1. The van der Waals surface area contributed by atoms with E-state index in [1.807, 2.05) is 24.3 Å². The molecule has 0 atom stereocenters. The predicted molar refractivity (Wildman–Crippen MR) is 108 cm³/mol. The minimum atomic E-state index is -1.16. The highest BCUT2D eigenvalue weighted by Gasteiger charge is 2.25. The van der Waals surface area contributed by atoms with E-state index in [1.54, 1.807) is 29.2 Å². The van der Waals surface area contributed by atoms with Crippen molar-refractivity contribution in [3.63, 3.8) is 0 Å². The molecule has 4 nitrogen and oxygen atoms in total. The lowest BCUT2D eigenvalue weighted by Crippen LogP contribution is -2.28. The Hall–Kier alpha value is -3.25. The molecule has 0 bridgehead atoms. The van der Waals surface area contributed by atoms with Crippen LogP contribution in [0.5, 0.6) is 0 Å². The monoisotopic (exact) mass is 412 g/mol. The van der Waals surface area contributed by atoms with Gasteiger partial charge in [-0.1, -0.05) is 29.8 Å². The second-order valence-electron chi connectivity index (χ2n) is 6.61. The van der Waals surface area contributed by atoms with Crippen molar-refractivity contribution in [2.45, 2.75) is 6.42 Å². The van der Waals surface area contributed by atoms with Gasteiger partial charge in [0.15, 0.2) is 11.6 Å². The van der Waals surface area contributed by atoms with Crippen molar-refractivity contribution in [3.05, 3.63) is 94.0 Å². The van der Waals surface area contributed by atoms with Crippen molar-refractivity contribution in [1.29, 1.82) is 0 Å². The highest BCUT2D eigenvalue weighted by molar-refractivity contribution is 6.34. The lowest BCUT2D eigenvalue weighted by molar-refractivity contribution is 0.0988. The van der Waals surface area contributed by atoms with Gasteiger partial charge in [0, 0.05) is 23.5 Å². The Bertz CT molecular complexity index is 1120. The molecule has 1 aliphatic heterocycles. The number of fused-ring (bicyclic) bond motifs is 1.